The van der Waals surface area contributed by atoms with E-state index >= 15 is 0 Å². The van der Waals surface area contributed by atoms with Gasteiger partial charge in [0.2, 0.25) is 0 Å². The molecule has 0 bridgehead atoms. The van der Waals surface area contributed by atoms with E-state index in [-0.39, 0.29) is 5.92 Å². The third-order valence-corrected chi connectivity index (χ3v) is 4.64. The summed E-state index contributed by atoms with van der Waals surface area (Å²) in [6, 6.07) is 21.1. The second-order valence-corrected chi connectivity index (χ2v) is 6.18. The summed E-state index contributed by atoms with van der Waals surface area (Å²) in [5.41, 5.74) is 8.66. The topological polar surface area (TPSA) is 44.5 Å². The fourth-order valence-electron chi connectivity index (χ4n) is 3.43. The van der Waals surface area contributed by atoms with Crippen LogP contribution in [0, 0.1) is 0 Å². The number of hydrogen-bond acceptors (Lipinski definition) is 3. The van der Waals surface area contributed by atoms with Crippen LogP contribution in [0.1, 0.15) is 17.0 Å². The molecule has 0 fully saturated rings. The van der Waals surface area contributed by atoms with Crippen LogP contribution < -0.4 is 15.2 Å². The van der Waals surface area contributed by atoms with Crippen molar-refractivity contribution in [2.45, 2.75) is 12.3 Å². The Hall–Kier alpha value is -2.52. The molecule has 1 heterocycles. The molecule has 0 amide bonds. The van der Waals surface area contributed by atoms with E-state index in [1.54, 1.807) is 0 Å². The third kappa shape index (κ3) is 2.83. The maximum atomic E-state index is 6.13. The molecule has 0 saturated carbocycles. The van der Waals surface area contributed by atoms with E-state index in [9.17, 15) is 0 Å². The van der Waals surface area contributed by atoms with Crippen molar-refractivity contribution in [2.24, 2.45) is 5.73 Å². The molecule has 2 N–H and O–H groups in total. The fraction of sp³-hybridized carbons (Fsp3) is 0.238. The van der Waals surface area contributed by atoms with Gasteiger partial charge in [0, 0.05) is 5.92 Å². The summed E-state index contributed by atoms with van der Waals surface area (Å²) >= 11 is 0. The summed E-state index contributed by atoms with van der Waals surface area (Å²) in [6.07, 6.45) is 0.890. The molecule has 1 aliphatic heterocycles. The van der Waals surface area contributed by atoms with E-state index in [0.717, 1.165) is 17.9 Å². The monoisotopic (exact) mass is 319 g/mol. The largest absolute Gasteiger partial charge is 0.486 e. The summed E-state index contributed by atoms with van der Waals surface area (Å²) in [5.74, 6) is 1.95. The second-order valence-electron chi connectivity index (χ2n) is 6.18. The highest BCUT2D eigenvalue weighted by atomic mass is 16.6. The van der Waals surface area contributed by atoms with Gasteiger partial charge in [-0.15, -0.1) is 0 Å². The highest BCUT2D eigenvalue weighted by molar-refractivity contribution is 5.86. The van der Waals surface area contributed by atoms with E-state index in [1.165, 1.54) is 21.9 Å². The van der Waals surface area contributed by atoms with Crippen LogP contribution >= 0.6 is 0 Å². The molecule has 1 atom stereocenters. The Labute approximate surface area is 142 Å². The minimum Gasteiger partial charge on any atom is -0.486 e. The summed E-state index contributed by atoms with van der Waals surface area (Å²) in [5, 5.41) is 2.55. The maximum absolute atomic E-state index is 6.13. The van der Waals surface area contributed by atoms with E-state index in [0.29, 0.717) is 19.8 Å². The summed E-state index contributed by atoms with van der Waals surface area (Å²) in [7, 11) is 0. The highest BCUT2D eigenvalue weighted by Gasteiger charge is 2.16. The van der Waals surface area contributed by atoms with Crippen molar-refractivity contribution in [1.82, 2.24) is 0 Å². The van der Waals surface area contributed by atoms with Crippen LogP contribution in [0.25, 0.3) is 10.8 Å². The zero-order valence-electron chi connectivity index (χ0n) is 13.6. The average molecular weight is 319 g/mol. The Morgan fingerprint density at radius 2 is 1.67 bits per heavy atom. The van der Waals surface area contributed by atoms with Crippen LogP contribution in [-0.4, -0.2) is 19.8 Å². The normalized spacial score (nSPS) is 14.5. The fourth-order valence-corrected chi connectivity index (χ4v) is 3.43. The van der Waals surface area contributed by atoms with E-state index in [4.69, 9.17) is 15.2 Å². The Kier molecular flexibility index (Phi) is 4.09. The first-order valence-corrected chi connectivity index (χ1v) is 8.41. The molecule has 24 heavy (non-hydrogen) atoms. The van der Waals surface area contributed by atoms with Crippen LogP contribution in [0.5, 0.6) is 11.5 Å². The lowest BCUT2D eigenvalue weighted by Gasteiger charge is -2.21. The van der Waals surface area contributed by atoms with E-state index in [1.807, 2.05) is 6.07 Å². The summed E-state index contributed by atoms with van der Waals surface area (Å²) < 4.78 is 11.3. The molecular formula is C21H21NO2. The molecule has 0 aliphatic carbocycles. The molecular weight excluding hydrogens is 298 g/mol. The van der Waals surface area contributed by atoms with Gasteiger partial charge >= 0.3 is 0 Å². The summed E-state index contributed by atoms with van der Waals surface area (Å²) in [4.78, 5) is 0. The Morgan fingerprint density at radius 3 is 2.54 bits per heavy atom. The molecule has 0 saturated heterocycles. The van der Waals surface area contributed by atoms with Crippen molar-refractivity contribution in [3.05, 3.63) is 71.8 Å². The lowest BCUT2D eigenvalue weighted by Crippen LogP contribution is -2.17. The lowest BCUT2D eigenvalue weighted by atomic mass is 9.88. The average Bonchev–Trinajstić information content (AvgIpc) is 2.65. The smallest absolute Gasteiger partial charge is 0.161 e. The minimum absolute atomic E-state index is 0.277. The SMILES string of the molecule is NCC(Cc1ccc2c(c1)OCCO2)c1cccc2ccccc12. The first kappa shape index (κ1) is 15.0. The lowest BCUT2D eigenvalue weighted by molar-refractivity contribution is 0.171. The van der Waals surface area contributed by atoms with Gasteiger partial charge in [-0.3, -0.25) is 0 Å². The Bertz CT molecular complexity index is 854. The number of hydrogen-bond donors (Lipinski definition) is 1. The first-order valence-electron chi connectivity index (χ1n) is 8.41. The molecule has 3 aromatic carbocycles. The second kappa shape index (κ2) is 6.54. The van der Waals surface area contributed by atoms with Gasteiger partial charge in [-0.05, 0) is 47.0 Å². The van der Waals surface area contributed by atoms with Gasteiger partial charge in [0.05, 0.1) is 0 Å². The van der Waals surface area contributed by atoms with Crippen LogP contribution in [0.15, 0.2) is 60.7 Å². The quantitative estimate of drug-likeness (QED) is 0.793. The number of nitrogens with two attached hydrogens (primary N) is 1. The van der Waals surface area contributed by atoms with E-state index in [2.05, 4.69) is 54.6 Å². The van der Waals surface area contributed by atoms with Crippen LogP contribution in [0.4, 0.5) is 0 Å². The molecule has 0 radical (unpaired) electrons. The number of benzene rings is 3. The van der Waals surface area contributed by atoms with Gasteiger partial charge in [-0.2, -0.15) is 0 Å². The van der Waals surface area contributed by atoms with Crippen molar-refractivity contribution in [3.8, 4) is 11.5 Å². The van der Waals surface area contributed by atoms with Crippen molar-refractivity contribution >= 4 is 10.8 Å². The maximum Gasteiger partial charge on any atom is 0.161 e. The van der Waals surface area contributed by atoms with Gasteiger partial charge in [0.1, 0.15) is 13.2 Å². The van der Waals surface area contributed by atoms with Crippen molar-refractivity contribution in [2.75, 3.05) is 19.8 Å². The van der Waals surface area contributed by atoms with Crippen LogP contribution in [0.2, 0.25) is 0 Å². The summed E-state index contributed by atoms with van der Waals surface area (Å²) in [6.45, 7) is 1.84. The predicted molar refractivity (Wildman–Crippen MR) is 96.9 cm³/mol. The molecule has 4 rings (SSSR count). The molecule has 1 unspecified atom stereocenters. The predicted octanol–water partition coefficient (Wildman–Crippen LogP) is 3.90. The van der Waals surface area contributed by atoms with Crippen LogP contribution in [0.3, 0.4) is 0 Å². The molecule has 1 aliphatic rings. The Balaban J connectivity index is 1.66. The molecule has 0 aromatic heterocycles. The zero-order valence-corrected chi connectivity index (χ0v) is 13.6. The van der Waals surface area contributed by atoms with Gasteiger partial charge in [0.25, 0.3) is 0 Å². The van der Waals surface area contributed by atoms with Gasteiger partial charge < -0.3 is 15.2 Å². The van der Waals surface area contributed by atoms with Gasteiger partial charge in [-0.1, -0.05) is 48.5 Å². The third-order valence-electron chi connectivity index (χ3n) is 4.64. The number of rotatable bonds is 4. The highest BCUT2D eigenvalue weighted by Crippen LogP contribution is 2.33. The molecule has 3 nitrogen and oxygen atoms in total. The van der Waals surface area contributed by atoms with Gasteiger partial charge in [0.15, 0.2) is 11.5 Å². The standard InChI is InChI=1S/C21H21NO2/c22-14-17(19-7-3-5-16-4-1-2-6-18(16)19)12-15-8-9-20-21(13-15)24-11-10-23-20/h1-9,13,17H,10-12,14,22H2. The first-order chi connectivity index (χ1) is 11.8. The van der Waals surface area contributed by atoms with E-state index < -0.39 is 0 Å². The van der Waals surface area contributed by atoms with Crippen molar-refractivity contribution in [1.29, 1.82) is 0 Å². The molecule has 3 aromatic rings. The van der Waals surface area contributed by atoms with Crippen molar-refractivity contribution in [3.63, 3.8) is 0 Å². The minimum atomic E-state index is 0.277. The number of ether oxygens (including phenoxy) is 2. The van der Waals surface area contributed by atoms with Gasteiger partial charge in [-0.25, -0.2) is 0 Å². The Morgan fingerprint density at radius 1 is 0.875 bits per heavy atom. The number of fused-ring (bicyclic) bond motifs is 2. The molecule has 0 spiro atoms. The molecule has 3 heteroatoms. The van der Waals surface area contributed by atoms with Crippen molar-refractivity contribution < 1.29 is 9.47 Å². The molecule has 122 valence electrons. The zero-order chi connectivity index (χ0) is 16.4. The van der Waals surface area contributed by atoms with Crippen LogP contribution in [-0.2, 0) is 6.42 Å².